The Morgan fingerprint density at radius 2 is 1.83 bits per heavy atom. The predicted molar refractivity (Wildman–Crippen MR) is 93.0 cm³/mol. The van der Waals surface area contributed by atoms with Crippen molar-refractivity contribution in [1.82, 2.24) is 19.9 Å². The van der Waals surface area contributed by atoms with Crippen molar-refractivity contribution in [3.63, 3.8) is 0 Å². The number of carbonyl (C=O) groups is 1. The molecule has 2 N–H and O–H groups in total. The second-order valence-corrected chi connectivity index (χ2v) is 6.66. The van der Waals surface area contributed by atoms with Gasteiger partial charge >= 0.3 is 0 Å². The molecule has 23 heavy (non-hydrogen) atoms. The molecule has 2 rings (SSSR count). The summed E-state index contributed by atoms with van der Waals surface area (Å²) >= 11 is 0. The Labute approximate surface area is 149 Å². The van der Waals surface area contributed by atoms with Gasteiger partial charge in [0, 0.05) is 31.6 Å². The molecular formula is C14H27Cl2N5O2. The van der Waals surface area contributed by atoms with Crippen LogP contribution in [0.25, 0.3) is 0 Å². The lowest BCUT2D eigenvalue weighted by Crippen LogP contribution is -2.52. The first-order valence-electron chi connectivity index (χ1n) is 7.37. The van der Waals surface area contributed by atoms with Gasteiger partial charge in [0.05, 0.1) is 12.6 Å². The van der Waals surface area contributed by atoms with Gasteiger partial charge in [-0.15, -0.1) is 24.8 Å². The molecule has 1 aliphatic heterocycles. The van der Waals surface area contributed by atoms with Crippen LogP contribution in [0.1, 0.15) is 39.4 Å². The molecule has 9 heteroatoms. The highest BCUT2D eigenvalue weighted by molar-refractivity contribution is 5.85. The van der Waals surface area contributed by atoms with Gasteiger partial charge in [-0.3, -0.25) is 9.69 Å². The van der Waals surface area contributed by atoms with E-state index in [-0.39, 0.29) is 36.1 Å². The van der Waals surface area contributed by atoms with E-state index in [2.05, 4.69) is 15.0 Å². The number of halogens is 2. The summed E-state index contributed by atoms with van der Waals surface area (Å²) in [5.41, 5.74) is 5.50. The van der Waals surface area contributed by atoms with Crippen LogP contribution in [-0.4, -0.2) is 58.1 Å². The molecule has 0 radical (unpaired) electrons. The lowest BCUT2D eigenvalue weighted by atomic mass is 9.97. The highest BCUT2D eigenvalue weighted by Gasteiger charge is 2.25. The molecular weight excluding hydrogens is 341 g/mol. The zero-order valence-electron chi connectivity index (χ0n) is 14.1. The van der Waals surface area contributed by atoms with E-state index in [1.54, 1.807) is 6.92 Å². The van der Waals surface area contributed by atoms with Crippen molar-refractivity contribution in [1.29, 1.82) is 0 Å². The van der Waals surface area contributed by atoms with E-state index < -0.39 is 6.04 Å². The second-order valence-electron chi connectivity index (χ2n) is 6.66. The van der Waals surface area contributed by atoms with Crippen LogP contribution >= 0.6 is 24.8 Å². The molecule has 0 saturated carbocycles. The standard InChI is InChI=1S/C14H25N5O2.2ClH/c1-10(15)12(20)19-7-5-18(6-8-19)9-11-16-13(21-17-11)14(2,3)4;;/h10H,5-9,15H2,1-4H3;2*1H/t10-;;/m1../s1. The summed E-state index contributed by atoms with van der Waals surface area (Å²) in [5.74, 6) is 1.37. The largest absolute Gasteiger partial charge is 0.339 e. The number of aromatic nitrogens is 2. The van der Waals surface area contributed by atoms with Gasteiger partial charge < -0.3 is 15.2 Å². The summed E-state index contributed by atoms with van der Waals surface area (Å²) in [6, 6.07) is -0.428. The Morgan fingerprint density at radius 3 is 2.26 bits per heavy atom. The quantitative estimate of drug-likeness (QED) is 0.863. The Morgan fingerprint density at radius 1 is 1.26 bits per heavy atom. The van der Waals surface area contributed by atoms with Crippen molar-refractivity contribution >= 4 is 30.7 Å². The normalized spacial score (nSPS) is 17.2. The molecule has 134 valence electrons. The zero-order chi connectivity index (χ0) is 15.6. The SMILES string of the molecule is C[C@@H](N)C(=O)N1CCN(Cc2noc(C(C)(C)C)n2)CC1.Cl.Cl. The third-order valence-corrected chi connectivity index (χ3v) is 3.55. The lowest BCUT2D eigenvalue weighted by Gasteiger charge is -2.34. The molecule has 1 atom stereocenters. The average Bonchev–Trinajstić information content (AvgIpc) is 2.87. The van der Waals surface area contributed by atoms with E-state index in [1.807, 2.05) is 25.7 Å². The molecule has 1 aromatic rings. The Hall–Kier alpha value is -0.890. The highest BCUT2D eigenvalue weighted by atomic mass is 35.5. The Balaban J connectivity index is 0.00000242. The number of hydrogen-bond donors (Lipinski definition) is 1. The number of hydrogen-bond acceptors (Lipinski definition) is 6. The number of rotatable bonds is 3. The van der Waals surface area contributed by atoms with Gasteiger partial charge in [-0.1, -0.05) is 25.9 Å². The van der Waals surface area contributed by atoms with Gasteiger partial charge in [0.25, 0.3) is 0 Å². The van der Waals surface area contributed by atoms with Gasteiger partial charge in [0.1, 0.15) is 0 Å². The van der Waals surface area contributed by atoms with Gasteiger partial charge in [-0.2, -0.15) is 4.98 Å². The molecule has 1 aliphatic rings. The van der Waals surface area contributed by atoms with E-state index in [4.69, 9.17) is 10.3 Å². The monoisotopic (exact) mass is 367 g/mol. The smallest absolute Gasteiger partial charge is 0.239 e. The molecule has 2 heterocycles. The number of nitrogens with zero attached hydrogens (tertiary/aromatic N) is 4. The average molecular weight is 368 g/mol. The minimum atomic E-state index is -0.428. The van der Waals surface area contributed by atoms with Crippen molar-refractivity contribution in [3.8, 4) is 0 Å². The summed E-state index contributed by atoms with van der Waals surface area (Å²) in [7, 11) is 0. The van der Waals surface area contributed by atoms with Crippen LogP contribution in [0.4, 0.5) is 0 Å². The molecule has 0 spiro atoms. The van der Waals surface area contributed by atoms with Crippen molar-refractivity contribution in [3.05, 3.63) is 11.7 Å². The van der Waals surface area contributed by atoms with Crippen molar-refractivity contribution in [2.45, 2.75) is 45.7 Å². The van der Waals surface area contributed by atoms with E-state index in [9.17, 15) is 4.79 Å². The molecule has 0 bridgehead atoms. The minimum absolute atomic E-state index is 0. The van der Waals surface area contributed by atoms with Crippen molar-refractivity contribution < 1.29 is 9.32 Å². The van der Waals surface area contributed by atoms with Crippen LogP contribution in [0.2, 0.25) is 0 Å². The van der Waals surface area contributed by atoms with Gasteiger partial charge in [-0.25, -0.2) is 0 Å². The molecule has 1 saturated heterocycles. The molecule has 0 aliphatic carbocycles. The van der Waals surface area contributed by atoms with Crippen LogP contribution < -0.4 is 5.73 Å². The van der Waals surface area contributed by atoms with Crippen LogP contribution in [0.15, 0.2) is 4.52 Å². The third-order valence-electron chi connectivity index (χ3n) is 3.55. The first-order chi connectivity index (χ1) is 9.77. The van der Waals surface area contributed by atoms with Crippen molar-refractivity contribution in [2.75, 3.05) is 26.2 Å². The zero-order valence-corrected chi connectivity index (χ0v) is 15.7. The fourth-order valence-corrected chi connectivity index (χ4v) is 2.24. The van der Waals surface area contributed by atoms with Gasteiger partial charge in [-0.05, 0) is 6.92 Å². The van der Waals surface area contributed by atoms with Crippen LogP contribution in [0.5, 0.6) is 0 Å². The number of amides is 1. The summed E-state index contributed by atoms with van der Waals surface area (Å²) in [5, 5.41) is 4.03. The maximum Gasteiger partial charge on any atom is 0.239 e. The number of carbonyl (C=O) groups excluding carboxylic acids is 1. The third kappa shape index (κ3) is 5.91. The van der Waals surface area contributed by atoms with Crippen LogP contribution in [-0.2, 0) is 16.8 Å². The first kappa shape index (κ1) is 22.1. The van der Waals surface area contributed by atoms with E-state index in [0.29, 0.717) is 31.3 Å². The van der Waals surface area contributed by atoms with Crippen LogP contribution in [0.3, 0.4) is 0 Å². The van der Waals surface area contributed by atoms with E-state index in [1.165, 1.54) is 0 Å². The Kier molecular flexibility index (Phi) is 8.48. The van der Waals surface area contributed by atoms with E-state index >= 15 is 0 Å². The summed E-state index contributed by atoms with van der Waals surface area (Å²) in [6.07, 6.45) is 0. The maximum absolute atomic E-state index is 11.8. The predicted octanol–water partition coefficient (Wildman–Crippen LogP) is 1.20. The molecule has 1 amide bonds. The minimum Gasteiger partial charge on any atom is -0.339 e. The molecule has 0 aromatic carbocycles. The second kappa shape index (κ2) is 8.82. The van der Waals surface area contributed by atoms with E-state index in [0.717, 1.165) is 13.1 Å². The summed E-state index contributed by atoms with van der Waals surface area (Å²) in [4.78, 5) is 20.3. The highest BCUT2D eigenvalue weighted by Crippen LogP contribution is 2.20. The maximum atomic E-state index is 11.8. The topological polar surface area (TPSA) is 88.5 Å². The van der Waals surface area contributed by atoms with Gasteiger partial charge in [0.15, 0.2) is 5.82 Å². The summed E-state index contributed by atoms with van der Waals surface area (Å²) in [6.45, 7) is 11.5. The fraction of sp³-hybridized carbons (Fsp3) is 0.786. The molecule has 1 aromatic heterocycles. The molecule has 7 nitrogen and oxygen atoms in total. The van der Waals surface area contributed by atoms with Crippen LogP contribution in [0, 0.1) is 0 Å². The lowest BCUT2D eigenvalue weighted by molar-refractivity contribution is -0.134. The van der Waals surface area contributed by atoms with Crippen molar-refractivity contribution in [2.24, 2.45) is 5.73 Å². The Bertz CT molecular complexity index is 494. The summed E-state index contributed by atoms with van der Waals surface area (Å²) < 4.78 is 5.29. The number of nitrogens with two attached hydrogens (primary N) is 1. The van der Waals surface area contributed by atoms with Gasteiger partial charge in [0.2, 0.25) is 11.8 Å². The molecule has 1 fully saturated rings. The fourth-order valence-electron chi connectivity index (χ4n) is 2.24. The number of piperazine rings is 1. The first-order valence-corrected chi connectivity index (χ1v) is 7.37. The molecule has 0 unspecified atom stereocenters.